The molecule has 0 aliphatic carbocycles. The second kappa shape index (κ2) is 8.84. The summed E-state index contributed by atoms with van der Waals surface area (Å²) in [6, 6.07) is 14.6. The van der Waals surface area contributed by atoms with Gasteiger partial charge in [0.05, 0.1) is 18.3 Å². The van der Waals surface area contributed by atoms with Gasteiger partial charge in [-0.2, -0.15) is 0 Å². The number of ether oxygens (including phenoxy) is 1. The molecule has 4 rings (SSSR count). The van der Waals surface area contributed by atoms with Gasteiger partial charge < -0.3 is 10.1 Å². The highest BCUT2D eigenvalue weighted by atomic mass is 32.1. The molecular formula is C24H23N3O4S. The van der Waals surface area contributed by atoms with E-state index in [1.807, 2.05) is 50.2 Å². The van der Waals surface area contributed by atoms with Crippen molar-refractivity contribution >= 4 is 27.5 Å². The molecule has 32 heavy (non-hydrogen) atoms. The minimum absolute atomic E-state index is 0.193. The number of carbonyl (C=O) groups excluding carboxylic acids is 1. The minimum Gasteiger partial charge on any atom is -0.497 e. The van der Waals surface area contributed by atoms with E-state index in [0.29, 0.717) is 28.2 Å². The highest BCUT2D eigenvalue weighted by Gasteiger charge is 2.18. The van der Waals surface area contributed by atoms with Gasteiger partial charge in [-0.1, -0.05) is 24.3 Å². The number of carbonyl (C=O) groups is 1. The van der Waals surface area contributed by atoms with Crippen molar-refractivity contribution in [1.29, 1.82) is 0 Å². The van der Waals surface area contributed by atoms with Gasteiger partial charge in [0.25, 0.3) is 5.56 Å². The molecule has 8 heteroatoms. The Labute approximate surface area is 188 Å². The number of methoxy groups -OCH3 is 1. The summed E-state index contributed by atoms with van der Waals surface area (Å²) in [4.78, 5) is 39.2. The number of hydrogen-bond acceptors (Lipinski definition) is 5. The zero-order chi connectivity index (χ0) is 22.8. The van der Waals surface area contributed by atoms with Crippen molar-refractivity contribution in [3.05, 3.63) is 91.4 Å². The number of aryl methyl sites for hydroxylation is 1. The topological polar surface area (TPSA) is 82.3 Å². The smallest absolute Gasteiger partial charge is 0.336 e. The Morgan fingerprint density at radius 1 is 1.09 bits per heavy atom. The molecule has 7 nitrogen and oxygen atoms in total. The maximum absolute atomic E-state index is 13.4. The van der Waals surface area contributed by atoms with Crippen LogP contribution in [0.1, 0.15) is 16.7 Å². The molecule has 2 aromatic carbocycles. The third-order valence-electron chi connectivity index (χ3n) is 5.50. The van der Waals surface area contributed by atoms with E-state index in [4.69, 9.17) is 4.74 Å². The Morgan fingerprint density at radius 3 is 2.66 bits per heavy atom. The molecule has 0 spiro atoms. The molecular weight excluding hydrogens is 426 g/mol. The molecule has 0 fully saturated rings. The largest absolute Gasteiger partial charge is 0.497 e. The molecule has 2 aromatic heterocycles. The van der Waals surface area contributed by atoms with E-state index >= 15 is 0 Å². The van der Waals surface area contributed by atoms with Gasteiger partial charge in [0.2, 0.25) is 5.91 Å². The standard InChI is InChI=1S/C24H23N3O4S/c1-15-6-4-9-19(16(15)2)27-23(29)22-20(10-11-32-22)26(24(27)30)14-21(28)25-13-17-7-5-8-18(12-17)31-3/h4-12H,13-14H2,1-3H3,(H,25,28). The lowest BCUT2D eigenvalue weighted by molar-refractivity contribution is -0.121. The number of benzene rings is 2. The SMILES string of the molecule is COc1cccc(CNC(=O)Cn2c(=O)n(-c3cccc(C)c3C)c(=O)c3sccc32)c1. The Balaban J connectivity index is 1.70. The lowest BCUT2D eigenvalue weighted by Gasteiger charge is -2.15. The number of thiophene rings is 1. The molecule has 1 amide bonds. The molecule has 2 heterocycles. The average Bonchev–Trinajstić information content (AvgIpc) is 3.28. The zero-order valence-corrected chi connectivity index (χ0v) is 18.9. The lowest BCUT2D eigenvalue weighted by Crippen LogP contribution is -2.41. The maximum Gasteiger partial charge on any atom is 0.336 e. The second-order valence-electron chi connectivity index (χ2n) is 7.49. The molecule has 0 aliphatic rings. The van der Waals surface area contributed by atoms with Gasteiger partial charge in [0.1, 0.15) is 17.0 Å². The fourth-order valence-corrected chi connectivity index (χ4v) is 4.44. The highest BCUT2D eigenvalue weighted by molar-refractivity contribution is 7.17. The second-order valence-corrected chi connectivity index (χ2v) is 8.41. The van der Waals surface area contributed by atoms with Gasteiger partial charge in [0.15, 0.2) is 0 Å². The van der Waals surface area contributed by atoms with Crippen LogP contribution in [0, 0.1) is 13.8 Å². The van der Waals surface area contributed by atoms with Crippen LogP contribution in [0.15, 0.2) is 63.5 Å². The summed E-state index contributed by atoms with van der Waals surface area (Å²) in [5, 5.41) is 4.59. The average molecular weight is 450 g/mol. The van der Waals surface area contributed by atoms with Crippen molar-refractivity contribution in [1.82, 2.24) is 14.5 Å². The maximum atomic E-state index is 13.4. The Bertz CT molecular complexity index is 1430. The molecule has 0 atom stereocenters. The van der Waals surface area contributed by atoms with E-state index in [-0.39, 0.29) is 18.0 Å². The van der Waals surface area contributed by atoms with Crippen molar-refractivity contribution in [3.8, 4) is 11.4 Å². The first-order valence-electron chi connectivity index (χ1n) is 10.1. The molecule has 1 N–H and O–H groups in total. The van der Waals surface area contributed by atoms with Crippen LogP contribution in [0.4, 0.5) is 0 Å². The van der Waals surface area contributed by atoms with Crippen LogP contribution in [-0.4, -0.2) is 22.2 Å². The number of rotatable bonds is 6. The number of fused-ring (bicyclic) bond motifs is 1. The summed E-state index contributed by atoms with van der Waals surface area (Å²) in [6.07, 6.45) is 0. The van der Waals surface area contributed by atoms with Crippen LogP contribution in [0.3, 0.4) is 0 Å². The van der Waals surface area contributed by atoms with Crippen LogP contribution in [-0.2, 0) is 17.9 Å². The number of amides is 1. The van der Waals surface area contributed by atoms with E-state index in [1.54, 1.807) is 24.6 Å². The summed E-state index contributed by atoms with van der Waals surface area (Å²) in [5.74, 6) is 0.377. The molecule has 164 valence electrons. The summed E-state index contributed by atoms with van der Waals surface area (Å²) in [7, 11) is 1.58. The predicted molar refractivity (Wildman–Crippen MR) is 126 cm³/mol. The van der Waals surface area contributed by atoms with Gasteiger partial charge in [-0.25, -0.2) is 9.36 Å². The third kappa shape index (κ3) is 3.97. The molecule has 0 radical (unpaired) electrons. The molecule has 0 bridgehead atoms. The molecule has 4 aromatic rings. The number of nitrogens with zero attached hydrogens (tertiary/aromatic N) is 2. The van der Waals surface area contributed by atoms with Crippen LogP contribution in [0.2, 0.25) is 0 Å². The van der Waals surface area contributed by atoms with Crippen LogP contribution in [0.5, 0.6) is 5.75 Å². The van der Waals surface area contributed by atoms with Crippen molar-refractivity contribution in [2.24, 2.45) is 0 Å². The summed E-state index contributed by atoms with van der Waals surface area (Å²) < 4.78 is 8.16. The molecule has 0 saturated heterocycles. The van der Waals surface area contributed by atoms with Gasteiger partial charge in [-0.05, 0) is 60.2 Å². The van der Waals surface area contributed by atoms with E-state index < -0.39 is 5.69 Å². The molecule has 0 aliphatic heterocycles. The first kappa shape index (κ1) is 21.6. The van der Waals surface area contributed by atoms with Crippen LogP contribution in [0.25, 0.3) is 15.9 Å². The van der Waals surface area contributed by atoms with Gasteiger partial charge in [-0.15, -0.1) is 11.3 Å². The third-order valence-corrected chi connectivity index (χ3v) is 6.39. The number of aromatic nitrogens is 2. The quantitative estimate of drug-likeness (QED) is 0.490. The lowest BCUT2D eigenvalue weighted by atomic mass is 10.1. The first-order valence-corrected chi connectivity index (χ1v) is 11.0. The normalized spacial score (nSPS) is 11.0. The Kier molecular flexibility index (Phi) is 5.96. The fourth-order valence-electron chi connectivity index (χ4n) is 3.61. The monoisotopic (exact) mass is 449 g/mol. The molecule has 0 saturated carbocycles. The Hall–Kier alpha value is -3.65. The fraction of sp³-hybridized carbons (Fsp3) is 0.208. The molecule has 0 unspecified atom stereocenters. The van der Waals surface area contributed by atoms with Gasteiger partial charge in [0, 0.05) is 6.54 Å². The van der Waals surface area contributed by atoms with E-state index in [9.17, 15) is 14.4 Å². The van der Waals surface area contributed by atoms with E-state index in [1.165, 1.54) is 15.9 Å². The van der Waals surface area contributed by atoms with E-state index in [0.717, 1.165) is 21.3 Å². The van der Waals surface area contributed by atoms with Gasteiger partial charge >= 0.3 is 5.69 Å². The minimum atomic E-state index is -0.536. The van der Waals surface area contributed by atoms with Crippen molar-refractivity contribution in [2.45, 2.75) is 26.9 Å². The highest BCUT2D eigenvalue weighted by Crippen LogP contribution is 2.19. The first-order chi connectivity index (χ1) is 15.4. The summed E-state index contributed by atoms with van der Waals surface area (Å²) in [5.41, 5.74) is 2.78. The van der Waals surface area contributed by atoms with E-state index in [2.05, 4.69) is 5.32 Å². The summed E-state index contributed by atoms with van der Waals surface area (Å²) >= 11 is 1.26. The zero-order valence-electron chi connectivity index (χ0n) is 18.0. The van der Waals surface area contributed by atoms with Crippen molar-refractivity contribution < 1.29 is 9.53 Å². The van der Waals surface area contributed by atoms with Crippen molar-refractivity contribution in [2.75, 3.05) is 7.11 Å². The Morgan fingerprint density at radius 2 is 1.88 bits per heavy atom. The van der Waals surface area contributed by atoms with Gasteiger partial charge in [-0.3, -0.25) is 14.2 Å². The number of nitrogens with one attached hydrogen (secondary N) is 1. The van der Waals surface area contributed by atoms with Crippen molar-refractivity contribution in [3.63, 3.8) is 0 Å². The number of hydrogen-bond donors (Lipinski definition) is 1. The van der Waals surface area contributed by atoms with Crippen LogP contribution < -0.4 is 21.3 Å². The predicted octanol–water partition coefficient (Wildman–Crippen LogP) is 3.16. The van der Waals surface area contributed by atoms with Crippen LogP contribution >= 0.6 is 11.3 Å². The summed E-state index contributed by atoms with van der Waals surface area (Å²) in [6.45, 7) is 3.91.